The Balaban J connectivity index is 2.15. The van der Waals surface area contributed by atoms with Crippen LogP contribution in [0.4, 0.5) is 0 Å². The van der Waals surface area contributed by atoms with Gasteiger partial charge in [0, 0.05) is 21.5 Å². The van der Waals surface area contributed by atoms with Gasteiger partial charge in [-0.15, -0.1) is 0 Å². The summed E-state index contributed by atoms with van der Waals surface area (Å²) in [6, 6.07) is 12.4. The van der Waals surface area contributed by atoms with Crippen LogP contribution in [0.25, 0.3) is 21.5 Å². The summed E-state index contributed by atoms with van der Waals surface area (Å²) < 4.78 is 22.8. The first-order valence-electron chi connectivity index (χ1n) is 9.33. The zero-order chi connectivity index (χ0) is 19.9. The highest BCUT2D eigenvalue weighted by Gasteiger charge is 2.17. The van der Waals surface area contributed by atoms with Crippen LogP contribution in [0, 0.1) is 13.8 Å². The lowest BCUT2D eigenvalue weighted by atomic mass is 9.96. The molecule has 0 heterocycles. The number of hydrogen-bond donors (Lipinski definition) is 0. The minimum absolute atomic E-state index is 0.436. The third-order valence-corrected chi connectivity index (χ3v) is 4.67. The molecule has 28 heavy (non-hydrogen) atoms. The largest absolute Gasteiger partial charge is 0.498 e. The molecule has 0 aliphatic rings. The Morgan fingerprint density at radius 2 is 1.11 bits per heavy atom. The maximum absolute atomic E-state index is 6.16. The van der Waals surface area contributed by atoms with E-state index in [-0.39, 0.29) is 0 Å². The van der Waals surface area contributed by atoms with E-state index in [1.165, 1.54) is 23.7 Å². The van der Waals surface area contributed by atoms with Crippen molar-refractivity contribution >= 4 is 21.5 Å². The molecule has 0 spiro atoms. The first-order valence-corrected chi connectivity index (χ1v) is 9.33. The molecule has 0 bridgehead atoms. The fourth-order valence-electron chi connectivity index (χ4n) is 3.22. The van der Waals surface area contributed by atoms with Crippen molar-refractivity contribution in [1.82, 2.24) is 0 Å². The van der Waals surface area contributed by atoms with Crippen molar-refractivity contribution in [1.29, 1.82) is 0 Å². The highest BCUT2D eigenvalue weighted by Crippen LogP contribution is 2.43. The van der Waals surface area contributed by atoms with Gasteiger partial charge in [0.1, 0.15) is 37.9 Å². The van der Waals surface area contributed by atoms with Gasteiger partial charge >= 0.3 is 0 Å². The molecular weight excluding hydrogens is 352 g/mol. The first kappa shape index (κ1) is 19.6. The first-order chi connectivity index (χ1) is 13.7. The number of benzene rings is 3. The van der Waals surface area contributed by atoms with Crippen molar-refractivity contribution in [2.24, 2.45) is 0 Å². The van der Waals surface area contributed by atoms with E-state index >= 15 is 0 Å². The predicted octanol–water partition coefficient (Wildman–Crippen LogP) is 5.69. The Labute approximate surface area is 166 Å². The van der Waals surface area contributed by atoms with Gasteiger partial charge < -0.3 is 18.9 Å². The number of rotatable bonds is 10. The zero-order valence-electron chi connectivity index (χ0n) is 16.5. The average Bonchev–Trinajstić information content (AvgIpc) is 2.70. The van der Waals surface area contributed by atoms with Crippen LogP contribution in [-0.2, 0) is 9.47 Å². The maximum Gasteiger partial charge on any atom is 0.135 e. The van der Waals surface area contributed by atoms with Crippen LogP contribution >= 0.6 is 0 Å². The normalized spacial score (nSPS) is 10.6. The quantitative estimate of drug-likeness (QED) is 0.258. The summed E-state index contributed by atoms with van der Waals surface area (Å²) in [5.41, 5.74) is 2.41. The van der Waals surface area contributed by atoms with Crippen molar-refractivity contribution in [3.05, 3.63) is 73.2 Å². The van der Waals surface area contributed by atoms with E-state index in [0.29, 0.717) is 26.4 Å². The third kappa shape index (κ3) is 4.06. The highest BCUT2D eigenvalue weighted by molar-refractivity contribution is 6.11. The topological polar surface area (TPSA) is 36.9 Å². The molecule has 0 fully saturated rings. The van der Waals surface area contributed by atoms with E-state index in [1.807, 2.05) is 12.1 Å². The van der Waals surface area contributed by atoms with Gasteiger partial charge in [0.15, 0.2) is 0 Å². The van der Waals surface area contributed by atoms with Crippen molar-refractivity contribution in [3.8, 4) is 11.5 Å². The number of aryl methyl sites for hydroxylation is 2. The lowest BCUT2D eigenvalue weighted by molar-refractivity contribution is 0.180. The average molecular weight is 378 g/mol. The van der Waals surface area contributed by atoms with Crippen molar-refractivity contribution in [2.75, 3.05) is 26.4 Å². The monoisotopic (exact) mass is 378 g/mol. The Morgan fingerprint density at radius 1 is 0.679 bits per heavy atom. The van der Waals surface area contributed by atoms with Crippen molar-refractivity contribution in [3.63, 3.8) is 0 Å². The van der Waals surface area contributed by atoms with E-state index in [0.717, 1.165) is 33.0 Å². The van der Waals surface area contributed by atoms with Gasteiger partial charge in [0.25, 0.3) is 0 Å². The summed E-state index contributed by atoms with van der Waals surface area (Å²) in [5.74, 6) is 1.69. The van der Waals surface area contributed by atoms with Crippen LogP contribution < -0.4 is 9.47 Å². The lowest BCUT2D eigenvalue weighted by Gasteiger charge is -2.19. The molecule has 3 aromatic carbocycles. The molecule has 4 heteroatoms. The molecule has 0 saturated carbocycles. The Morgan fingerprint density at radius 3 is 1.50 bits per heavy atom. The smallest absolute Gasteiger partial charge is 0.135 e. The molecule has 0 saturated heterocycles. The molecule has 4 nitrogen and oxygen atoms in total. The molecule has 0 radical (unpaired) electrons. The second kappa shape index (κ2) is 9.18. The van der Waals surface area contributed by atoms with Gasteiger partial charge in [-0.1, -0.05) is 37.4 Å². The fourth-order valence-corrected chi connectivity index (χ4v) is 3.22. The van der Waals surface area contributed by atoms with Crippen molar-refractivity contribution in [2.45, 2.75) is 13.8 Å². The van der Waals surface area contributed by atoms with Crippen molar-refractivity contribution < 1.29 is 18.9 Å². The Bertz CT molecular complexity index is 911. The summed E-state index contributed by atoms with van der Waals surface area (Å²) in [6.07, 6.45) is 2.85. The molecule has 0 aliphatic heterocycles. The van der Waals surface area contributed by atoms with Crippen LogP contribution in [0.1, 0.15) is 11.1 Å². The standard InChI is InChI=1S/C24H26O4/c1-5-25-11-13-27-23-19-9-7-8-10-20(19)24(28-14-12-26-6-2)22-16-18(4)17(3)15-21(22)23/h5-10,15-16H,1-2,11-14H2,3-4H3. The van der Waals surface area contributed by atoms with E-state index in [1.54, 1.807) is 0 Å². The summed E-state index contributed by atoms with van der Waals surface area (Å²) in [4.78, 5) is 0. The second-order valence-corrected chi connectivity index (χ2v) is 6.46. The van der Waals surface area contributed by atoms with Gasteiger partial charge in [-0.05, 0) is 37.1 Å². The van der Waals surface area contributed by atoms with Gasteiger partial charge in [-0.3, -0.25) is 0 Å². The van der Waals surface area contributed by atoms with Gasteiger partial charge in [0.2, 0.25) is 0 Å². The van der Waals surface area contributed by atoms with Gasteiger partial charge in [-0.2, -0.15) is 0 Å². The third-order valence-electron chi connectivity index (χ3n) is 4.67. The summed E-state index contributed by atoms with van der Waals surface area (Å²) in [6.45, 7) is 13.1. The molecule has 0 amide bonds. The highest BCUT2D eigenvalue weighted by atomic mass is 16.5. The van der Waals surface area contributed by atoms with Crippen LogP contribution in [0.5, 0.6) is 11.5 Å². The molecule has 0 aliphatic carbocycles. The molecule has 0 atom stereocenters. The SMILES string of the molecule is C=COCCOc1c2ccccc2c(OCCOC=C)c2cc(C)c(C)cc12. The minimum atomic E-state index is 0.436. The number of ether oxygens (including phenoxy) is 4. The number of hydrogen-bond acceptors (Lipinski definition) is 4. The van der Waals surface area contributed by atoms with E-state index in [4.69, 9.17) is 18.9 Å². The van der Waals surface area contributed by atoms with Gasteiger partial charge in [-0.25, -0.2) is 0 Å². The molecule has 3 rings (SSSR count). The van der Waals surface area contributed by atoms with Crippen LogP contribution in [0.3, 0.4) is 0 Å². The molecule has 146 valence electrons. The molecule has 0 aromatic heterocycles. The molecule has 0 N–H and O–H groups in total. The van der Waals surface area contributed by atoms with Crippen LogP contribution in [0.15, 0.2) is 62.1 Å². The minimum Gasteiger partial charge on any atom is -0.498 e. The van der Waals surface area contributed by atoms with Crippen LogP contribution in [0.2, 0.25) is 0 Å². The number of fused-ring (bicyclic) bond motifs is 2. The zero-order valence-corrected chi connectivity index (χ0v) is 16.5. The molecule has 0 unspecified atom stereocenters. The van der Waals surface area contributed by atoms with Gasteiger partial charge in [0.05, 0.1) is 12.5 Å². The summed E-state index contributed by atoms with van der Waals surface area (Å²) in [5, 5.41) is 4.08. The fraction of sp³-hybridized carbons (Fsp3) is 0.250. The lowest BCUT2D eigenvalue weighted by Crippen LogP contribution is -2.07. The molecular formula is C24H26O4. The van der Waals surface area contributed by atoms with E-state index < -0.39 is 0 Å². The predicted molar refractivity (Wildman–Crippen MR) is 114 cm³/mol. The molecule has 3 aromatic rings. The van der Waals surface area contributed by atoms with E-state index in [9.17, 15) is 0 Å². The Hall–Kier alpha value is -3.14. The Kier molecular flexibility index (Phi) is 6.43. The van der Waals surface area contributed by atoms with Crippen LogP contribution in [-0.4, -0.2) is 26.4 Å². The summed E-state index contributed by atoms with van der Waals surface area (Å²) in [7, 11) is 0. The second-order valence-electron chi connectivity index (χ2n) is 6.46. The van der Waals surface area contributed by atoms with E-state index in [2.05, 4.69) is 51.3 Å². The summed E-state index contributed by atoms with van der Waals surface area (Å²) >= 11 is 0. The maximum atomic E-state index is 6.16.